The number of benzene rings is 2. The molecule has 2 aromatic rings. The number of aliphatic carboxylic acids is 3. The Morgan fingerprint density at radius 1 is 0.576 bits per heavy atom. The summed E-state index contributed by atoms with van der Waals surface area (Å²) in [7, 11) is -5.14. The molecule has 85 heavy (non-hydrogen) atoms. The molecule has 31 heteroatoms. The summed E-state index contributed by atoms with van der Waals surface area (Å²) in [5, 5.41) is 68.5. The van der Waals surface area contributed by atoms with Crippen molar-refractivity contribution in [3.8, 4) is 0 Å². The van der Waals surface area contributed by atoms with Crippen molar-refractivity contribution in [1.29, 1.82) is 0 Å². The number of likely N-dealkylation sites (tertiary alicyclic amines) is 1. The van der Waals surface area contributed by atoms with Crippen molar-refractivity contribution in [2.75, 3.05) is 12.3 Å². The lowest BCUT2D eigenvalue weighted by Crippen LogP contribution is -2.63. The van der Waals surface area contributed by atoms with Gasteiger partial charge in [0.15, 0.2) is 0 Å². The Labute approximate surface area is 490 Å². The van der Waals surface area contributed by atoms with E-state index in [9.17, 15) is 96.0 Å². The Balaban J connectivity index is 1.90. The van der Waals surface area contributed by atoms with Gasteiger partial charge < -0.3 is 78.7 Å². The summed E-state index contributed by atoms with van der Waals surface area (Å²) in [5.74, 6) is -17.3. The molecule has 3 rings (SSSR count). The average Bonchev–Trinajstić information content (AvgIpc) is 4.22. The van der Waals surface area contributed by atoms with Gasteiger partial charge in [0, 0.05) is 25.8 Å². The van der Waals surface area contributed by atoms with Gasteiger partial charge in [0.2, 0.25) is 53.2 Å². The normalized spacial score (nSPS) is 17.4. The van der Waals surface area contributed by atoms with E-state index in [1.165, 1.54) is 20.8 Å². The molecule has 13 atom stereocenters. The highest BCUT2D eigenvalue weighted by atomic mass is 32.2. The van der Waals surface area contributed by atoms with Gasteiger partial charge in [-0.1, -0.05) is 94.8 Å². The molecule has 1 saturated heterocycles. The number of carbonyl (C=O) groups excluding carboxylic acids is 9. The zero-order valence-electron chi connectivity index (χ0n) is 47.8. The van der Waals surface area contributed by atoms with E-state index in [0.717, 1.165) is 18.7 Å². The van der Waals surface area contributed by atoms with Crippen LogP contribution in [0.4, 0.5) is 0 Å². The van der Waals surface area contributed by atoms with Gasteiger partial charge in [-0.2, -0.15) is 8.42 Å². The van der Waals surface area contributed by atoms with Crippen molar-refractivity contribution in [2.24, 2.45) is 17.6 Å². The van der Waals surface area contributed by atoms with Crippen LogP contribution in [0, 0.1) is 11.8 Å². The van der Waals surface area contributed by atoms with Crippen molar-refractivity contribution in [3.63, 3.8) is 0 Å². The van der Waals surface area contributed by atoms with Gasteiger partial charge in [-0.25, -0.2) is 4.79 Å². The number of rotatable bonds is 34. The summed E-state index contributed by atoms with van der Waals surface area (Å²) in [6, 6.07) is -0.633. The van der Waals surface area contributed by atoms with E-state index in [1.807, 2.05) is 0 Å². The molecule has 0 radical (unpaired) electrons. The zero-order chi connectivity index (χ0) is 64.0. The number of aliphatic hydroxyl groups excluding tert-OH is 2. The Bertz CT molecular complexity index is 2810. The largest absolute Gasteiger partial charge is 0.481 e. The molecule has 2 aromatic carbocycles. The topological polar surface area (TPSA) is 486 Å². The highest BCUT2D eigenvalue weighted by Gasteiger charge is 2.43. The molecule has 9 amide bonds. The molecular weight excluding hydrogens is 1140 g/mol. The Hall–Kier alpha value is -8.13. The fraction of sp³-hybridized carbons (Fsp3) is 0.556. The van der Waals surface area contributed by atoms with Crippen LogP contribution in [0.5, 0.6) is 0 Å². The second kappa shape index (κ2) is 33.4. The summed E-state index contributed by atoms with van der Waals surface area (Å²) in [4.78, 5) is 160. The predicted molar refractivity (Wildman–Crippen MR) is 299 cm³/mol. The molecule has 1 aliphatic heterocycles. The van der Waals surface area contributed by atoms with Crippen LogP contribution in [0.15, 0.2) is 60.7 Å². The predicted octanol–water partition coefficient (Wildman–Crippen LogP) is -3.56. The van der Waals surface area contributed by atoms with Crippen molar-refractivity contribution >= 4 is 81.2 Å². The summed E-state index contributed by atoms with van der Waals surface area (Å²) >= 11 is 0. The standard InChI is InChI=1S/C54H78N10O20S/c1-7-28(4)42(54(80)81)61-46(72)34(20-21-39(67)68)56-51(77)44(30(6)66)63-49(75)38-19-14-22-64(38)53(79)37(26-85(82,83)84)59-50(76)41(27(2)3)60-47(73)36(24-32-17-12-9-13-18-32)58-52(78)43(29(5)65)62-48(74)35(23-31-15-10-8-11-16-31)57-45(71)33(55)25-40(69)70/h8-13,15-18,27-30,33-38,41-44,65-66H,7,14,19-26,55H2,1-6H3,(H,56,77)(H,57,71)(H,58,78)(H,59,76)(H,60,73)(H,61,72)(H,62,74)(H,63,75)(H,67,68)(H,69,70)(H,80,81)(H,82,83,84)/t28-,29+,30+,33-,34-,35-,36-,37-,38-,41-,42-,43-,44-/m0/s1. The smallest absolute Gasteiger partial charge is 0.326 e. The summed E-state index contributed by atoms with van der Waals surface area (Å²) < 4.78 is 34.9. The van der Waals surface area contributed by atoms with Gasteiger partial charge in [-0.15, -0.1) is 0 Å². The number of nitrogens with zero attached hydrogens (tertiary/aromatic N) is 1. The Kier molecular flexibility index (Phi) is 27.9. The minimum absolute atomic E-state index is 0.0766. The van der Waals surface area contributed by atoms with Gasteiger partial charge in [-0.3, -0.25) is 57.3 Å². The maximum atomic E-state index is 14.4. The zero-order valence-corrected chi connectivity index (χ0v) is 48.6. The number of hydrogen-bond donors (Lipinski definition) is 15. The van der Waals surface area contributed by atoms with E-state index < -0.39 is 191 Å². The number of aliphatic hydroxyl groups is 2. The summed E-state index contributed by atoms with van der Waals surface area (Å²) in [6.07, 6.45) is -5.67. The van der Waals surface area contributed by atoms with E-state index >= 15 is 0 Å². The van der Waals surface area contributed by atoms with Gasteiger partial charge in [0.25, 0.3) is 10.1 Å². The highest BCUT2D eigenvalue weighted by Crippen LogP contribution is 2.21. The van der Waals surface area contributed by atoms with Crippen molar-refractivity contribution in [3.05, 3.63) is 71.8 Å². The molecule has 1 heterocycles. The molecule has 1 aliphatic rings. The quantitative estimate of drug-likeness (QED) is 0.0302. The van der Waals surface area contributed by atoms with Gasteiger partial charge in [0.05, 0.1) is 24.7 Å². The third-order valence-corrected chi connectivity index (χ3v) is 14.6. The van der Waals surface area contributed by atoms with Crippen molar-refractivity contribution < 1.29 is 96.0 Å². The minimum atomic E-state index is -5.14. The highest BCUT2D eigenvalue weighted by molar-refractivity contribution is 7.85. The van der Waals surface area contributed by atoms with Crippen LogP contribution < -0.4 is 48.3 Å². The first kappa shape index (κ1) is 71.1. The van der Waals surface area contributed by atoms with E-state index in [0.29, 0.717) is 17.5 Å². The monoisotopic (exact) mass is 1220 g/mol. The molecule has 0 aromatic heterocycles. The average molecular weight is 1220 g/mol. The van der Waals surface area contributed by atoms with Crippen LogP contribution in [0.25, 0.3) is 0 Å². The lowest BCUT2D eigenvalue weighted by molar-refractivity contribution is -0.144. The fourth-order valence-corrected chi connectivity index (χ4v) is 9.57. The SMILES string of the molecule is CC[C@H](C)[C@H](NC(=O)[C@H](CCC(=O)O)NC(=O)[C@@H](NC(=O)[C@@H]1CCCN1C(=O)[C@H](CS(=O)(=O)O)NC(=O)[C@@H](NC(=O)[C@H](Cc1ccccc1)NC(=O)[C@@H](NC(=O)[C@H](Cc1ccccc1)NC(=O)[C@@H](N)CC(=O)O)[C@@H](C)O)C(C)C)[C@@H](C)O)C(=O)O. The molecule has 0 unspecified atom stereocenters. The van der Waals surface area contributed by atoms with E-state index in [-0.39, 0.29) is 32.2 Å². The Morgan fingerprint density at radius 2 is 1.01 bits per heavy atom. The van der Waals surface area contributed by atoms with Crippen LogP contribution >= 0.6 is 0 Å². The van der Waals surface area contributed by atoms with Crippen LogP contribution in [-0.4, -0.2) is 199 Å². The van der Waals surface area contributed by atoms with Crippen molar-refractivity contribution in [1.82, 2.24) is 47.4 Å². The molecule has 1 fully saturated rings. The second-order valence-corrected chi connectivity index (χ2v) is 22.6. The minimum Gasteiger partial charge on any atom is -0.481 e. The number of nitrogens with one attached hydrogen (secondary N) is 8. The summed E-state index contributed by atoms with van der Waals surface area (Å²) in [5.41, 5.74) is 6.72. The molecule has 470 valence electrons. The number of hydrogen-bond acceptors (Lipinski definition) is 17. The van der Waals surface area contributed by atoms with Crippen LogP contribution in [0.3, 0.4) is 0 Å². The fourth-order valence-electron chi connectivity index (χ4n) is 8.93. The number of amides is 9. The second-order valence-electron chi connectivity index (χ2n) is 21.1. The molecule has 0 bridgehead atoms. The molecule has 0 aliphatic carbocycles. The Morgan fingerprint density at radius 3 is 1.46 bits per heavy atom. The lowest BCUT2D eigenvalue weighted by atomic mass is 9.98. The van der Waals surface area contributed by atoms with Gasteiger partial charge in [0.1, 0.15) is 60.1 Å². The lowest BCUT2D eigenvalue weighted by Gasteiger charge is -2.32. The van der Waals surface area contributed by atoms with Crippen LogP contribution in [0.2, 0.25) is 0 Å². The maximum absolute atomic E-state index is 14.4. The third-order valence-electron chi connectivity index (χ3n) is 13.8. The van der Waals surface area contributed by atoms with Crippen LogP contribution in [0.1, 0.15) is 91.2 Å². The number of carbonyl (C=O) groups is 12. The first-order valence-corrected chi connectivity index (χ1v) is 28.9. The molecule has 16 N–H and O–H groups in total. The van der Waals surface area contributed by atoms with Crippen LogP contribution in [-0.2, 0) is 80.5 Å². The summed E-state index contributed by atoms with van der Waals surface area (Å²) in [6.45, 7) is 8.04. The first-order chi connectivity index (χ1) is 39.7. The van der Waals surface area contributed by atoms with Gasteiger partial charge >= 0.3 is 17.9 Å². The number of nitrogens with two attached hydrogens (primary N) is 1. The maximum Gasteiger partial charge on any atom is 0.326 e. The van der Waals surface area contributed by atoms with Gasteiger partial charge in [-0.05, 0) is 56.1 Å². The third kappa shape index (κ3) is 23.1. The van der Waals surface area contributed by atoms with E-state index in [2.05, 4.69) is 42.5 Å². The van der Waals surface area contributed by atoms with E-state index in [1.54, 1.807) is 67.6 Å². The number of carboxylic acids is 3. The molecule has 30 nitrogen and oxygen atoms in total. The first-order valence-electron chi connectivity index (χ1n) is 27.3. The molecule has 0 spiro atoms. The molecule has 0 saturated carbocycles. The number of carboxylic acid groups (broad SMARTS) is 3. The van der Waals surface area contributed by atoms with Crippen molar-refractivity contribution in [2.45, 2.75) is 166 Å². The van der Waals surface area contributed by atoms with E-state index in [4.69, 9.17) is 5.73 Å². The molecular formula is C54H78N10O20S.